The van der Waals surface area contributed by atoms with Crippen molar-refractivity contribution in [2.24, 2.45) is 7.05 Å². The zero-order valence-corrected chi connectivity index (χ0v) is 8.60. The molecule has 1 aromatic heterocycles. The van der Waals surface area contributed by atoms with Crippen molar-refractivity contribution in [2.45, 2.75) is 19.4 Å². The van der Waals surface area contributed by atoms with Gasteiger partial charge >= 0.3 is 5.97 Å². The minimum Gasteiger partial charge on any atom is -0.481 e. The average Bonchev–Trinajstić information content (AvgIpc) is 2.48. The van der Waals surface area contributed by atoms with Gasteiger partial charge < -0.3 is 15.0 Å². The van der Waals surface area contributed by atoms with E-state index in [2.05, 4.69) is 10.3 Å². The Morgan fingerprint density at radius 2 is 2.33 bits per heavy atom. The number of amides is 1. The Morgan fingerprint density at radius 1 is 1.67 bits per heavy atom. The number of carboxylic acid groups (broad SMARTS) is 1. The smallest absolute Gasteiger partial charge is 0.305 e. The molecule has 6 heteroatoms. The second-order valence-electron chi connectivity index (χ2n) is 3.28. The monoisotopic (exact) mass is 211 g/mol. The average molecular weight is 211 g/mol. The second-order valence-corrected chi connectivity index (χ2v) is 3.28. The molecule has 0 saturated heterocycles. The van der Waals surface area contributed by atoms with E-state index in [1.165, 1.54) is 6.92 Å². The van der Waals surface area contributed by atoms with Gasteiger partial charge in [0.15, 0.2) is 0 Å². The van der Waals surface area contributed by atoms with E-state index in [1.54, 1.807) is 24.1 Å². The molecule has 0 saturated carbocycles. The Kier molecular flexibility index (Phi) is 3.43. The summed E-state index contributed by atoms with van der Waals surface area (Å²) in [6.07, 6.45) is 2.95. The van der Waals surface area contributed by atoms with Gasteiger partial charge in [0.2, 0.25) is 5.91 Å². The number of carbonyl (C=O) groups is 2. The van der Waals surface area contributed by atoms with Crippen LogP contribution in [0.4, 0.5) is 0 Å². The van der Waals surface area contributed by atoms with E-state index in [0.717, 1.165) is 0 Å². The van der Waals surface area contributed by atoms with E-state index in [4.69, 9.17) is 5.11 Å². The van der Waals surface area contributed by atoms with Crippen LogP contribution in [0.25, 0.3) is 0 Å². The van der Waals surface area contributed by atoms with E-state index in [0.29, 0.717) is 5.69 Å². The number of aliphatic carboxylic acids is 1. The van der Waals surface area contributed by atoms with E-state index < -0.39 is 12.0 Å². The Bertz CT molecular complexity index is 356. The zero-order valence-electron chi connectivity index (χ0n) is 8.60. The highest BCUT2D eigenvalue weighted by Gasteiger charge is 2.18. The summed E-state index contributed by atoms with van der Waals surface area (Å²) in [5.41, 5.74) is 0.674. The molecule has 2 N–H and O–H groups in total. The van der Waals surface area contributed by atoms with Crippen molar-refractivity contribution in [1.82, 2.24) is 14.9 Å². The number of nitrogens with one attached hydrogen (secondary N) is 1. The number of carbonyl (C=O) groups excluding carboxylic acids is 1. The van der Waals surface area contributed by atoms with Gasteiger partial charge in [-0.1, -0.05) is 0 Å². The number of imidazole rings is 1. The van der Waals surface area contributed by atoms with Crippen LogP contribution in [-0.2, 0) is 16.6 Å². The summed E-state index contributed by atoms with van der Waals surface area (Å²) in [5.74, 6) is -1.22. The van der Waals surface area contributed by atoms with Crippen LogP contribution in [0.15, 0.2) is 12.5 Å². The van der Waals surface area contributed by atoms with E-state index in [9.17, 15) is 9.59 Å². The fraction of sp³-hybridized carbons (Fsp3) is 0.444. The van der Waals surface area contributed by atoms with Crippen molar-refractivity contribution < 1.29 is 14.7 Å². The summed E-state index contributed by atoms with van der Waals surface area (Å²) in [6, 6.07) is -0.535. The largest absolute Gasteiger partial charge is 0.481 e. The van der Waals surface area contributed by atoms with Crippen molar-refractivity contribution in [3.63, 3.8) is 0 Å². The van der Waals surface area contributed by atoms with Gasteiger partial charge in [-0.25, -0.2) is 4.98 Å². The fourth-order valence-corrected chi connectivity index (χ4v) is 1.35. The van der Waals surface area contributed by atoms with Gasteiger partial charge in [0.1, 0.15) is 0 Å². The highest BCUT2D eigenvalue weighted by atomic mass is 16.4. The van der Waals surface area contributed by atoms with E-state index in [1.807, 2.05) is 0 Å². The Labute approximate surface area is 86.9 Å². The van der Waals surface area contributed by atoms with Crippen LogP contribution in [-0.4, -0.2) is 26.5 Å². The first-order valence-corrected chi connectivity index (χ1v) is 4.46. The number of rotatable bonds is 4. The Hall–Kier alpha value is -1.85. The molecule has 0 aliphatic carbocycles. The fourth-order valence-electron chi connectivity index (χ4n) is 1.35. The first-order chi connectivity index (χ1) is 7.00. The minimum atomic E-state index is -0.963. The van der Waals surface area contributed by atoms with Crippen LogP contribution in [0.5, 0.6) is 0 Å². The van der Waals surface area contributed by atoms with Crippen LogP contribution >= 0.6 is 0 Å². The third-order valence-electron chi connectivity index (χ3n) is 1.97. The lowest BCUT2D eigenvalue weighted by molar-refractivity contribution is -0.137. The summed E-state index contributed by atoms with van der Waals surface area (Å²) in [4.78, 5) is 25.4. The van der Waals surface area contributed by atoms with Crippen molar-refractivity contribution >= 4 is 11.9 Å². The quantitative estimate of drug-likeness (QED) is 0.738. The molecule has 15 heavy (non-hydrogen) atoms. The molecule has 1 aromatic rings. The maximum atomic E-state index is 10.9. The topological polar surface area (TPSA) is 84.2 Å². The third kappa shape index (κ3) is 3.08. The third-order valence-corrected chi connectivity index (χ3v) is 1.97. The molecule has 1 atom stereocenters. The van der Waals surface area contributed by atoms with Gasteiger partial charge in [-0.15, -0.1) is 0 Å². The molecule has 0 unspecified atom stereocenters. The maximum absolute atomic E-state index is 10.9. The normalized spacial score (nSPS) is 12.1. The molecule has 0 aliphatic heterocycles. The van der Waals surface area contributed by atoms with Gasteiger partial charge in [-0.05, 0) is 0 Å². The number of hydrogen-bond acceptors (Lipinski definition) is 3. The van der Waals surface area contributed by atoms with Crippen LogP contribution in [0.1, 0.15) is 25.1 Å². The number of aryl methyl sites for hydroxylation is 1. The molecule has 1 rings (SSSR count). The number of carboxylic acids is 1. The molecule has 82 valence electrons. The molecule has 0 radical (unpaired) electrons. The first kappa shape index (κ1) is 11.2. The molecule has 0 fully saturated rings. The van der Waals surface area contributed by atoms with Crippen LogP contribution in [0.3, 0.4) is 0 Å². The molecule has 6 nitrogen and oxygen atoms in total. The molecule has 0 bridgehead atoms. The van der Waals surface area contributed by atoms with Crippen LogP contribution in [0, 0.1) is 0 Å². The summed E-state index contributed by atoms with van der Waals surface area (Å²) in [5, 5.41) is 11.3. The zero-order chi connectivity index (χ0) is 11.4. The number of aromatic nitrogens is 2. The highest BCUT2D eigenvalue weighted by molar-refractivity contribution is 5.75. The maximum Gasteiger partial charge on any atom is 0.305 e. The predicted molar refractivity (Wildman–Crippen MR) is 52.0 cm³/mol. The van der Waals surface area contributed by atoms with E-state index in [-0.39, 0.29) is 12.3 Å². The standard InChI is InChI=1S/C9H13N3O3/c1-6(13)11-7(3-9(14)15)8-4-10-5-12(8)2/h4-5,7H,3H2,1-2H3,(H,11,13)(H,14,15)/t7-/m0/s1. The van der Waals surface area contributed by atoms with Crippen molar-refractivity contribution in [1.29, 1.82) is 0 Å². The lowest BCUT2D eigenvalue weighted by Crippen LogP contribution is -2.29. The lowest BCUT2D eigenvalue weighted by atomic mass is 10.1. The molecule has 1 amide bonds. The summed E-state index contributed by atoms with van der Waals surface area (Å²) in [6.45, 7) is 1.35. The van der Waals surface area contributed by atoms with E-state index >= 15 is 0 Å². The van der Waals surface area contributed by atoms with Crippen molar-refractivity contribution in [3.05, 3.63) is 18.2 Å². The van der Waals surface area contributed by atoms with Gasteiger partial charge in [-0.2, -0.15) is 0 Å². The number of hydrogen-bond donors (Lipinski definition) is 2. The first-order valence-electron chi connectivity index (χ1n) is 4.46. The predicted octanol–water partition coefficient (Wildman–Crippen LogP) is 0.0720. The molecule has 0 aromatic carbocycles. The molecule has 0 spiro atoms. The molecular formula is C9H13N3O3. The van der Waals surface area contributed by atoms with Gasteiger partial charge in [0.25, 0.3) is 0 Å². The summed E-state index contributed by atoms with van der Waals surface area (Å²) >= 11 is 0. The van der Waals surface area contributed by atoms with Crippen LogP contribution in [0.2, 0.25) is 0 Å². The van der Waals surface area contributed by atoms with Gasteiger partial charge in [-0.3, -0.25) is 9.59 Å². The molecular weight excluding hydrogens is 198 g/mol. The van der Waals surface area contributed by atoms with Gasteiger partial charge in [0, 0.05) is 14.0 Å². The van der Waals surface area contributed by atoms with Gasteiger partial charge in [0.05, 0.1) is 30.7 Å². The van der Waals surface area contributed by atoms with Crippen molar-refractivity contribution in [2.75, 3.05) is 0 Å². The Balaban J connectivity index is 2.85. The SMILES string of the molecule is CC(=O)N[C@@H](CC(=O)O)c1cncn1C. The Morgan fingerprint density at radius 3 is 2.73 bits per heavy atom. The molecule has 0 aliphatic rings. The summed E-state index contributed by atoms with van der Waals surface area (Å²) in [7, 11) is 1.75. The molecule has 1 heterocycles. The lowest BCUT2D eigenvalue weighted by Gasteiger charge is -2.15. The highest BCUT2D eigenvalue weighted by Crippen LogP contribution is 2.15. The minimum absolute atomic E-state index is 0.154. The van der Waals surface area contributed by atoms with Crippen molar-refractivity contribution in [3.8, 4) is 0 Å². The number of nitrogens with zero attached hydrogens (tertiary/aromatic N) is 2. The second kappa shape index (κ2) is 4.59. The van der Waals surface area contributed by atoms with Crippen LogP contribution < -0.4 is 5.32 Å². The summed E-state index contributed by atoms with van der Waals surface area (Å²) < 4.78 is 1.68.